The maximum absolute atomic E-state index is 5.33. The zero-order valence-corrected chi connectivity index (χ0v) is 13.0. The van der Waals surface area contributed by atoms with Crippen molar-refractivity contribution in [2.45, 2.75) is 13.0 Å². The predicted octanol–water partition coefficient (Wildman–Crippen LogP) is 3.15. The number of imidazole rings is 1. The van der Waals surface area contributed by atoms with E-state index >= 15 is 0 Å². The molecule has 0 amide bonds. The smallest absolute Gasteiger partial charge is 0.149 e. The first-order chi connectivity index (χ1) is 9.72. The van der Waals surface area contributed by atoms with Gasteiger partial charge in [0.05, 0.1) is 14.2 Å². The molecule has 0 bridgehead atoms. The van der Waals surface area contributed by atoms with Gasteiger partial charge in [0, 0.05) is 24.7 Å². The lowest BCUT2D eigenvalue weighted by molar-refractivity contribution is 0.394. The van der Waals surface area contributed by atoms with Crippen molar-refractivity contribution in [3.8, 4) is 22.9 Å². The highest BCUT2D eigenvalue weighted by molar-refractivity contribution is 9.10. The van der Waals surface area contributed by atoms with E-state index in [0.29, 0.717) is 0 Å². The van der Waals surface area contributed by atoms with Crippen LogP contribution in [-0.4, -0.2) is 30.3 Å². The molecular formula is C14H16BrN3O2. The minimum absolute atomic E-state index is 0.761. The minimum Gasteiger partial charge on any atom is -0.497 e. The third-order valence-electron chi connectivity index (χ3n) is 3.39. The maximum atomic E-state index is 5.33. The van der Waals surface area contributed by atoms with Crippen LogP contribution in [0.25, 0.3) is 11.4 Å². The number of methoxy groups -OCH3 is 2. The minimum atomic E-state index is 0.761. The van der Waals surface area contributed by atoms with Gasteiger partial charge in [0.1, 0.15) is 27.7 Å². The molecule has 2 heterocycles. The standard InChI is InChI=1S/C14H16BrN3O2/c1-19-10-6-9(7-11(8-10)20-2)13-17-12(15)14-16-4-3-5-18(13)14/h6-8,16H,3-5H2,1-2H3. The third-order valence-corrected chi connectivity index (χ3v) is 3.94. The second-order valence-corrected chi connectivity index (χ2v) is 5.36. The van der Waals surface area contributed by atoms with Crippen LogP contribution in [0.2, 0.25) is 0 Å². The summed E-state index contributed by atoms with van der Waals surface area (Å²) in [5, 5.41) is 3.37. The first-order valence-corrected chi connectivity index (χ1v) is 7.25. The average molecular weight is 338 g/mol. The van der Waals surface area contributed by atoms with E-state index < -0.39 is 0 Å². The highest BCUT2D eigenvalue weighted by Crippen LogP contribution is 2.35. The summed E-state index contributed by atoms with van der Waals surface area (Å²) in [6, 6.07) is 5.80. The van der Waals surface area contributed by atoms with E-state index in [1.807, 2.05) is 18.2 Å². The van der Waals surface area contributed by atoms with Crippen molar-refractivity contribution in [3.63, 3.8) is 0 Å². The lowest BCUT2D eigenvalue weighted by Gasteiger charge is -2.19. The molecule has 0 fully saturated rings. The molecule has 0 radical (unpaired) electrons. The fourth-order valence-corrected chi connectivity index (χ4v) is 2.93. The predicted molar refractivity (Wildman–Crippen MR) is 81.6 cm³/mol. The first-order valence-electron chi connectivity index (χ1n) is 6.46. The molecule has 5 nitrogen and oxygen atoms in total. The summed E-state index contributed by atoms with van der Waals surface area (Å²) in [5.74, 6) is 3.47. The monoisotopic (exact) mass is 337 g/mol. The Morgan fingerprint density at radius 1 is 1.20 bits per heavy atom. The number of fused-ring (bicyclic) bond motifs is 1. The second kappa shape index (κ2) is 5.36. The van der Waals surface area contributed by atoms with E-state index in [-0.39, 0.29) is 0 Å². The Kier molecular flexibility index (Phi) is 3.56. The van der Waals surface area contributed by atoms with Crippen molar-refractivity contribution in [1.29, 1.82) is 0 Å². The molecular weight excluding hydrogens is 322 g/mol. The Labute approximate surface area is 126 Å². The summed E-state index contributed by atoms with van der Waals surface area (Å²) in [7, 11) is 3.30. The van der Waals surface area contributed by atoms with Crippen molar-refractivity contribution in [2.75, 3.05) is 26.1 Å². The Balaban J connectivity index is 2.13. The van der Waals surface area contributed by atoms with Gasteiger partial charge in [-0.25, -0.2) is 4.98 Å². The molecule has 1 aliphatic heterocycles. The average Bonchev–Trinajstić information content (AvgIpc) is 2.84. The molecule has 0 unspecified atom stereocenters. The van der Waals surface area contributed by atoms with Gasteiger partial charge in [-0.1, -0.05) is 0 Å². The van der Waals surface area contributed by atoms with Gasteiger partial charge in [0.15, 0.2) is 0 Å². The van der Waals surface area contributed by atoms with Gasteiger partial charge in [0.2, 0.25) is 0 Å². The maximum Gasteiger partial charge on any atom is 0.149 e. The van der Waals surface area contributed by atoms with Crippen LogP contribution in [0.15, 0.2) is 22.8 Å². The lowest BCUT2D eigenvalue weighted by Crippen LogP contribution is -2.17. The van der Waals surface area contributed by atoms with Gasteiger partial charge in [-0.3, -0.25) is 0 Å². The van der Waals surface area contributed by atoms with Gasteiger partial charge in [-0.2, -0.15) is 0 Å². The normalized spacial score (nSPS) is 13.6. The van der Waals surface area contributed by atoms with Gasteiger partial charge in [-0.15, -0.1) is 0 Å². The van der Waals surface area contributed by atoms with Crippen LogP contribution in [0.4, 0.5) is 5.82 Å². The van der Waals surface area contributed by atoms with Crippen molar-refractivity contribution in [3.05, 3.63) is 22.8 Å². The number of nitrogens with zero attached hydrogens (tertiary/aromatic N) is 2. The summed E-state index contributed by atoms with van der Waals surface area (Å²) < 4.78 is 13.7. The molecule has 1 aromatic carbocycles. The summed E-state index contributed by atoms with van der Waals surface area (Å²) in [6.07, 6.45) is 1.09. The fraction of sp³-hybridized carbons (Fsp3) is 0.357. The van der Waals surface area contributed by atoms with Crippen LogP contribution in [-0.2, 0) is 6.54 Å². The summed E-state index contributed by atoms with van der Waals surface area (Å²) in [5.41, 5.74) is 0.983. The number of hydrogen-bond acceptors (Lipinski definition) is 4. The second-order valence-electron chi connectivity index (χ2n) is 4.61. The molecule has 0 atom stereocenters. The quantitative estimate of drug-likeness (QED) is 0.934. The molecule has 0 spiro atoms. The SMILES string of the molecule is COc1cc(OC)cc(-c2nc(Br)c3n2CCCN3)c1. The molecule has 20 heavy (non-hydrogen) atoms. The molecule has 3 rings (SSSR count). The van der Waals surface area contributed by atoms with E-state index in [1.165, 1.54) is 0 Å². The lowest BCUT2D eigenvalue weighted by atomic mass is 10.2. The number of aromatic nitrogens is 2. The van der Waals surface area contributed by atoms with E-state index in [0.717, 1.165) is 52.8 Å². The van der Waals surface area contributed by atoms with E-state index in [2.05, 4.69) is 30.8 Å². The van der Waals surface area contributed by atoms with E-state index in [4.69, 9.17) is 9.47 Å². The fourth-order valence-electron chi connectivity index (χ4n) is 2.41. The zero-order valence-electron chi connectivity index (χ0n) is 11.4. The van der Waals surface area contributed by atoms with Crippen molar-refractivity contribution < 1.29 is 9.47 Å². The number of halogens is 1. The Morgan fingerprint density at radius 2 is 1.90 bits per heavy atom. The van der Waals surface area contributed by atoms with Crippen molar-refractivity contribution in [2.24, 2.45) is 0 Å². The van der Waals surface area contributed by atoms with Gasteiger partial charge in [-0.05, 0) is 34.5 Å². The first kappa shape index (κ1) is 13.3. The Morgan fingerprint density at radius 3 is 2.55 bits per heavy atom. The van der Waals surface area contributed by atoms with E-state index in [1.54, 1.807) is 14.2 Å². The molecule has 1 aromatic heterocycles. The third kappa shape index (κ3) is 2.24. The van der Waals surface area contributed by atoms with Crippen LogP contribution >= 0.6 is 15.9 Å². The molecule has 1 aliphatic rings. The Bertz CT molecular complexity index is 617. The van der Waals surface area contributed by atoms with Crippen LogP contribution in [0, 0.1) is 0 Å². The molecule has 0 aliphatic carbocycles. The number of nitrogens with one attached hydrogen (secondary N) is 1. The largest absolute Gasteiger partial charge is 0.497 e. The molecule has 106 valence electrons. The number of hydrogen-bond donors (Lipinski definition) is 1. The molecule has 0 saturated carbocycles. The topological polar surface area (TPSA) is 48.3 Å². The molecule has 2 aromatic rings. The van der Waals surface area contributed by atoms with Crippen LogP contribution in [0.5, 0.6) is 11.5 Å². The zero-order chi connectivity index (χ0) is 14.1. The molecule has 1 N–H and O–H groups in total. The molecule has 6 heteroatoms. The number of ether oxygens (including phenoxy) is 2. The van der Waals surface area contributed by atoms with Crippen LogP contribution in [0.1, 0.15) is 6.42 Å². The summed E-state index contributed by atoms with van der Waals surface area (Å²) in [4.78, 5) is 4.62. The summed E-state index contributed by atoms with van der Waals surface area (Å²) in [6.45, 7) is 1.93. The van der Waals surface area contributed by atoms with E-state index in [9.17, 15) is 0 Å². The number of rotatable bonds is 3. The molecule has 0 saturated heterocycles. The van der Waals surface area contributed by atoms with Crippen LogP contribution in [0.3, 0.4) is 0 Å². The van der Waals surface area contributed by atoms with Gasteiger partial charge in [0.25, 0.3) is 0 Å². The Hall–Kier alpha value is -1.69. The van der Waals surface area contributed by atoms with Crippen molar-refractivity contribution >= 4 is 21.7 Å². The van der Waals surface area contributed by atoms with Gasteiger partial charge >= 0.3 is 0 Å². The highest BCUT2D eigenvalue weighted by atomic mass is 79.9. The number of benzene rings is 1. The summed E-state index contributed by atoms with van der Waals surface area (Å²) >= 11 is 3.51. The van der Waals surface area contributed by atoms with Crippen LogP contribution < -0.4 is 14.8 Å². The van der Waals surface area contributed by atoms with Gasteiger partial charge < -0.3 is 19.4 Å². The highest BCUT2D eigenvalue weighted by Gasteiger charge is 2.20. The number of anilines is 1. The van der Waals surface area contributed by atoms with Crippen molar-refractivity contribution in [1.82, 2.24) is 9.55 Å².